The van der Waals surface area contributed by atoms with Crippen LogP contribution in [0.1, 0.15) is 44.3 Å². The van der Waals surface area contributed by atoms with Crippen molar-refractivity contribution in [2.75, 3.05) is 19.5 Å². The van der Waals surface area contributed by atoms with E-state index in [1.54, 1.807) is 0 Å². The van der Waals surface area contributed by atoms with Crippen molar-refractivity contribution >= 4 is 23.2 Å². The van der Waals surface area contributed by atoms with Crippen LogP contribution in [0.15, 0.2) is 36.4 Å². The van der Waals surface area contributed by atoms with Gasteiger partial charge >= 0.3 is 5.97 Å². The lowest BCUT2D eigenvalue weighted by molar-refractivity contribution is -0.174. The summed E-state index contributed by atoms with van der Waals surface area (Å²) >= 11 is 0. The molecule has 0 radical (unpaired) electrons. The van der Waals surface area contributed by atoms with Gasteiger partial charge in [-0.15, -0.1) is 0 Å². The van der Waals surface area contributed by atoms with Crippen LogP contribution in [0.3, 0.4) is 0 Å². The molecule has 6 rings (SSSR count). The predicted octanol–water partition coefficient (Wildman–Crippen LogP) is 0.157. The number of phenolic OH excluding ortho intramolecular Hbond substituents is 1. The first-order chi connectivity index (χ1) is 19.5. The second kappa shape index (κ2) is 8.67. The fraction of sp³-hybridized carbons (Fsp3) is 0.300. The van der Waals surface area contributed by atoms with Crippen molar-refractivity contribution in [2.24, 2.45) is 0 Å². The molecule has 6 atom stereocenters. The second-order valence-electron chi connectivity index (χ2n) is 10.2. The summed E-state index contributed by atoms with van der Waals surface area (Å²) in [5.74, 6) is 8.13. The minimum absolute atomic E-state index is 0.00538. The molecule has 0 aromatic heterocycles. The lowest BCUT2D eigenvalue weighted by Gasteiger charge is -2.43. The standard InChI is InChI=1S/C30H23NO10/c1-28(38,26(36)27(37)40-3)30-19-8-6-4-5-7-9-20(33)29(30,41-30)17-13-18(32)21-22(23(17)31-19)25(35)16-12-14(39-2)10-11-15(16)24(21)34/h4-5,10-13,19-20,26,31-33,36,38H,1-3H3/b5-4-/t19-,20+,26-,28+,29-,30+/m0/s1. The minimum atomic E-state index is -2.47. The molecule has 0 spiro atoms. The maximum absolute atomic E-state index is 14.0. The zero-order chi connectivity index (χ0) is 29.5. The number of rotatable bonds is 4. The Kier molecular flexibility index (Phi) is 5.62. The number of methoxy groups -OCH3 is 2. The number of phenols is 1. The molecule has 2 heterocycles. The highest BCUT2D eigenvalue weighted by Gasteiger charge is 2.87. The van der Waals surface area contributed by atoms with Gasteiger partial charge < -0.3 is 40.0 Å². The molecule has 2 aliphatic heterocycles. The van der Waals surface area contributed by atoms with Crippen LogP contribution >= 0.6 is 0 Å². The van der Waals surface area contributed by atoms with E-state index < -0.39 is 58.3 Å². The van der Waals surface area contributed by atoms with Crippen LogP contribution in [0.25, 0.3) is 0 Å². The van der Waals surface area contributed by atoms with Crippen LogP contribution in [0.4, 0.5) is 5.69 Å². The molecule has 4 aliphatic rings. The second-order valence-corrected chi connectivity index (χ2v) is 10.2. The molecule has 2 aromatic rings. The molecular weight excluding hydrogens is 534 g/mol. The van der Waals surface area contributed by atoms with Crippen molar-refractivity contribution in [1.82, 2.24) is 0 Å². The largest absolute Gasteiger partial charge is 0.507 e. The number of hydrogen-bond acceptors (Lipinski definition) is 11. The van der Waals surface area contributed by atoms with Gasteiger partial charge in [0.2, 0.25) is 0 Å². The highest BCUT2D eigenvalue weighted by molar-refractivity contribution is 6.31. The van der Waals surface area contributed by atoms with Crippen molar-refractivity contribution in [3.8, 4) is 35.2 Å². The third-order valence-corrected chi connectivity index (χ3v) is 8.20. The van der Waals surface area contributed by atoms with Crippen molar-refractivity contribution < 1.29 is 49.0 Å². The van der Waals surface area contributed by atoms with E-state index in [-0.39, 0.29) is 33.5 Å². The molecule has 11 nitrogen and oxygen atoms in total. The molecule has 0 saturated carbocycles. The fourth-order valence-corrected chi connectivity index (χ4v) is 6.18. The average Bonchev–Trinajstić information content (AvgIpc) is 3.70. The van der Waals surface area contributed by atoms with Crippen molar-refractivity contribution in [3.63, 3.8) is 0 Å². The molecule has 2 bridgehead atoms. The summed E-state index contributed by atoms with van der Waals surface area (Å²) in [6.07, 6.45) is -1.13. The Bertz CT molecular complexity index is 1740. The number of ether oxygens (including phenoxy) is 3. The van der Waals surface area contributed by atoms with E-state index in [9.17, 15) is 34.8 Å². The van der Waals surface area contributed by atoms with Gasteiger partial charge in [-0.2, -0.15) is 0 Å². The first-order valence-corrected chi connectivity index (χ1v) is 12.5. The fourth-order valence-electron chi connectivity index (χ4n) is 6.18. The summed E-state index contributed by atoms with van der Waals surface area (Å²) in [6.45, 7) is 1.12. The minimum Gasteiger partial charge on any atom is -0.507 e. The Labute approximate surface area is 233 Å². The number of epoxide rings is 1. The maximum atomic E-state index is 14.0. The van der Waals surface area contributed by atoms with E-state index in [1.165, 1.54) is 37.5 Å². The van der Waals surface area contributed by atoms with Gasteiger partial charge in [-0.1, -0.05) is 23.7 Å². The Hall–Kier alpha value is -4.65. The third-order valence-electron chi connectivity index (χ3n) is 8.20. The summed E-state index contributed by atoms with van der Waals surface area (Å²) in [7, 11) is 2.43. The number of aromatic hydroxyl groups is 1. The van der Waals surface area contributed by atoms with Crippen LogP contribution in [0, 0.1) is 23.7 Å². The summed E-state index contributed by atoms with van der Waals surface area (Å²) in [6, 6.07) is 4.21. The number of carbonyl (C=O) groups is 3. The third kappa shape index (κ3) is 3.17. The lowest BCUT2D eigenvalue weighted by atomic mass is 9.64. The molecular formula is C30H23NO10. The molecule has 1 saturated heterocycles. The molecule has 41 heavy (non-hydrogen) atoms. The topological polar surface area (TPSA) is 175 Å². The molecule has 1 fully saturated rings. The number of anilines is 1. The quantitative estimate of drug-likeness (QED) is 0.128. The average molecular weight is 558 g/mol. The maximum Gasteiger partial charge on any atom is 0.337 e. The summed E-state index contributed by atoms with van der Waals surface area (Å²) in [5, 5.41) is 48.3. The zero-order valence-electron chi connectivity index (χ0n) is 21.9. The number of allylic oxidation sites excluding steroid dienone is 2. The number of nitrogens with one attached hydrogen (secondary N) is 1. The lowest BCUT2D eigenvalue weighted by Crippen LogP contribution is -2.66. The monoisotopic (exact) mass is 557 g/mol. The van der Waals surface area contributed by atoms with Gasteiger partial charge in [0.25, 0.3) is 0 Å². The van der Waals surface area contributed by atoms with E-state index >= 15 is 0 Å². The van der Waals surface area contributed by atoms with E-state index in [4.69, 9.17) is 9.47 Å². The van der Waals surface area contributed by atoms with Gasteiger partial charge in [-0.05, 0) is 43.3 Å². The highest BCUT2D eigenvalue weighted by atomic mass is 16.7. The van der Waals surface area contributed by atoms with Crippen LogP contribution < -0.4 is 10.1 Å². The number of aliphatic hydroxyl groups is 3. The van der Waals surface area contributed by atoms with Crippen molar-refractivity contribution in [3.05, 3.63) is 64.2 Å². The van der Waals surface area contributed by atoms with Gasteiger partial charge in [0.1, 0.15) is 23.1 Å². The van der Waals surface area contributed by atoms with Crippen molar-refractivity contribution in [1.29, 1.82) is 0 Å². The summed E-state index contributed by atoms with van der Waals surface area (Å²) in [5.41, 5.74) is -6.99. The first-order valence-electron chi connectivity index (χ1n) is 12.5. The predicted molar refractivity (Wildman–Crippen MR) is 140 cm³/mol. The normalized spacial score (nSPS) is 29.1. The number of fused-ring (bicyclic) bond motifs is 4. The van der Waals surface area contributed by atoms with E-state index in [2.05, 4.69) is 33.7 Å². The molecule has 2 aliphatic carbocycles. The van der Waals surface area contributed by atoms with Crippen LogP contribution in [-0.4, -0.2) is 81.6 Å². The van der Waals surface area contributed by atoms with E-state index in [1.807, 2.05) is 0 Å². The Morgan fingerprint density at radius 2 is 1.78 bits per heavy atom. The van der Waals surface area contributed by atoms with Gasteiger partial charge in [-0.25, -0.2) is 4.79 Å². The van der Waals surface area contributed by atoms with Crippen molar-refractivity contribution in [2.45, 2.75) is 42.0 Å². The van der Waals surface area contributed by atoms with Gasteiger partial charge in [0, 0.05) is 16.7 Å². The summed E-state index contributed by atoms with van der Waals surface area (Å²) < 4.78 is 16.1. The van der Waals surface area contributed by atoms with Gasteiger partial charge in [-0.3, -0.25) is 9.59 Å². The molecule has 11 heteroatoms. The molecule has 0 amide bonds. The number of esters is 1. The summed E-state index contributed by atoms with van der Waals surface area (Å²) in [4.78, 5) is 39.9. The zero-order valence-corrected chi connectivity index (χ0v) is 21.9. The Balaban J connectivity index is 1.66. The number of aliphatic hydroxyl groups excluding tert-OH is 2. The van der Waals surface area contributed by atoms with Crippen LogP contribution in [0.5, 0.6) is 11.5 Å². The van der Waals surface area contributed by atoms with Gasteiger partial charge in [0.15, 0.2) is 35.0 Å². The SMILES string of the molecule is COC(=O)[C@H](O)[C@@](C)(O)[C@@]12O[C@]13c1cc(O)c4c(c1N[C@H]2C#C/C=C\C#C[C@H]3O)C(=O)c1cc(OC)ccc1C4=O. The number of benzene rings is 2. The molecule has 5 N–H and O–H groups in total. The number of hydrogen-bond donors (Lipinski definition) is 5. The molecule has 2 aromatic carbocycles. The number of ketones is 2. The number of carbonyl (C=O) groups excluding carboxylic acids is 3. The Morgan fingerprint density at radius 1 is 1.10 bits per heavy atom. The molecule has 0 unspecified atom stereocenters. The Morgan fingerprint density at radius 3 is 2.46 bits per heavy atom. The first kappa shape index (κ1) is 26.6. The van der Waals surface area contributed by atoms with E-state index in [0.717, 1.165) is 20.1 Å². The highest BCUT2D eigenvalue weighted by Crippen LogP contribution is 2.70. The molecule has 208 valence electrons. The van der Waals surface area contributed by atoms with E-state index in [0.29, 0.717) is 5.75 Å². The van der Waals surface area contributed by atoms with Crippen LogP contribution in [0.2, 0.25) is 0 Å². The smallest absolute Gasteiger partial charge is 0.337 e. The van der Waals surface area contributed by atoms with Crippen LogP contribution in [-0.2, 0) is 19.9 Å². The van der Waals surface area contributed by atoms with Gasteiger partial charge in [0.05, 0.1) is 31.0 Å².